The van der Waals surface area contributed by atoms with Crippen molar-refractivity contribution in [3.8, 4) is 5.75 Å². The highest BCUT2D eigenvalue weighted by atomic mass is 35.5. The van der Waals surface area contributed by atoms with Crippen LogP contribution in [-0.4, -0.2) is 25.7 Å². The van der Waals surface area contributed by atoms with Gasteiger partial charge in [-0.1, -0.05) is 6.07 Å². The Hall–Kier alpha value is -0.730. The Balaban J connectivity index is 2.28. The van der Waals surface area contributed by atoms with Gasteiger partial charge in [-0.15, -0.1) is 11.6 Å². The molecular formula is C12H17ClO2. The van der Waals surface area contributed by atoms with Crippen LogP contribution >= 0.6 is 11.6 Å². The summed E-state index contributed by atoms with van der Waals surface area (Å²) in [5, 5.41) is 0. The van der Waals surface area contributed by atoms with Crippen molar-refractivity contribution in [2.75, 3.05) is 25.7 Å². The lowest BCUT2D eigenvalue weighted by atomic mass is 10.1. The molecule has 0 aliphatic rings. The molecule has 0 aliphatic heterocycles. The average molecular weight is 229 g/mol. The summed E-state index contributed by atoms with van der Waals surface area (Å²) in [5.41, 5.74) is 2.52. The third-order valence-corrected chi connectivity index (χ3v) is 2.35. The number of alkyl halides is 1. The Morgan fingerprint density at radius 1 is 1.07 bits per heavy atom. The molecule has 0 N–H and O–H groups in total. The molecule has 0 heterocycles. The third kappa shape index (κ3) is 4.54. The smallest absolute Gasteiger partial charge is 0.119 e. The second-order valence-electron chi connectivity index (χ2n) is 3.40. The third-order valence-electron chi connectivity index (χ3n) is 2.20. The molecule has 3 heteroatoms. The lowest BCUT2D eigenvalue weighted by molar-refractivity contribution is 0.111. The first-order valence-corrected chi connectivity index (χ1v) is 5.61. The standard InChI is InChI=1S/C12H17ClO2/c1-10-3-4-12(9-11(10)2)15-8-7-14-6-5-13/h3-4,9H,5-8H2,1-2H3. The predicted octanol–water partition coefficient (Wildman–Crippen LogP) is 2.94. The highest BCUT2D eigenvalue weighted by Crippen LogP contribution is 2.16. The van der Waals surface area contributed by atoms with E-state index in [0.29, 0.717) is 25.7 Å². The molecule has 2 nitrogen and oxygen atoms in total. The monoisotopic (exact) mass is 228 g/mol. The van der Waals surface area contributed by atoms with Crippen LogP contribution in [0.15, 0.2) is 18.2 Å². The summed E-state index contributed by atoms with van der Waals surface area (Å²) in [7, 11) is 0. The van der Waals surface area contributed by atoms with Crippen LogP contribution in [0.5, 0.6) is 5.75 Å². The van der Waals surface area contributed by atoms with Crippen molar-refractivity contribution in [2.24, 2.45) is 0 Å². The molecule has 1 aromatic rings. The fraction of sp³-hybridized carbons (Fsp3) is 0.500. The van der Waals surface area contributed by atoms with Gasteiger partial charge in [-0.25, -0.2) is 0 Å². The molecule has 0 bridgehead atoms. The maximum absolute atomic E-state index is 5.52. The van der Waals surface area contributed by atoms with Gasteiger partial charge in [0.05, 0.1) is 13.2 Å². The molecule has 0 spiro atoms. The summed E-state index contributed by atoms with van der Waals surface area (Å²) in [6.45, 7) is 5.89. The van der Waals surface area contributed by atoms with Gasteiger partial charge in [0.25, 0.3) is 0 Å². The van der Waals surface area contributed by atoms with Gasteiger partial charge in [-0.3, -0.25) is 0 Å². The number of hydrogen-bond acceptors (Lipinski definition) is 2. The topological polar surface area (TPSA) is 18.5 Å². The lowest BCUT2D eigenvalue weighted by Gasteiger charge is -2.08. The molecule has 0 unspecified atom stereocenters. The number of rotatable bonds is 6. The molecule has 1 aromatic carbocycles. The van der Waals surface area contributed by atoms with E-state index >= 15 is 0 Å². The first-order valence-electron chi connectivity index (χ1n) is 5.08. The maximum atomic E-state index is 5.52. The number of aryl methyl sites for hydroxylation is 2. The zero-order chi connectivity index (χ0) is 11.1. The van der Waals surface area contributed by atoms with Crippen LogP contribution in [0.2, 0.25) is 0 Å². The second-order valence-corrected chi connectivity index (χ2v) is 3.77. The van der Waals surface area contributed by atoms with E-state index in [0.717, 1.165) is 5.75 Å². The fourth-order valence-electron chi connectivity index (χ4n) is 1.18. The van der Waals surface area contributed by atoms with Gasteiger partial charge < -0.3 is 9.47 Å². The van der Waals surface area contributed by atoms with Crippen LogP contribution in [0.4, 0.5) is 0 Å². The van der Waals surface area contributed by atoms with Crippen molar-refractivity contribution in [1.82, 2.24) is 0 Å². The quantitative estimate of drug-likeness (QED) is 0.551. The van der Waals surface area contributed by atoms with Gasteiger partial charge in [-0.2, -0.15) is 0 Å². The van der Waals surface area contributed by atoms with Crippen molar-refractivity contribution in [3.05, 3.63) is 29.3 Å². The highest BCUT2D eigenvalue weighted by Gasteiger charge is 1.96. The number of hydrogen-bond donors (Lipinski definition) is 0. The van der Waals surface area contributed by atoms with Crippen molar-refractivity contribution >= 4 is 11.6 Å². The second kappa shape index (κ2) is 6.70. The number of halogens is 1. The molecule has 0 aliphatic carbocycles. The average Bonchev–Trinajstić information content (AvgIpc) is 2.23. The molecule has 0 aromatic heterocycles. The molecule has 0 radical (unpaired) electrons. The normalized spacial score (nSPS) is 10.3. The van der Waals surface area contributed by atoms with Crippen molar-refractivity contribution in [3.63, 3.8) is 0 Å². The molecule has 0 fully saturated rings. The first kappa shape index (κ1) is 12.3. The first-order chi connectivity index (χ1) is 7.24. The summed E-state index contributed by atoms with van der Waals surface area (Å²) in [4.78, 5) is 0. The Bertz CT molecular complexity index is 300. The molecule has 0 amide bonds. The highest BCUT2D eigenvalue weighted by molar-refractivity contribution is 6.17. The Morgan fingerprint density at radius 2 is 1.87 bits per heavy atom. The van der Waals surface area contributed by atoms with E-state index < -0.39 is 0 Å². The van der Waals surface area contributed by atoms with E-state index in [4.69, 9.17) is 21.1 Å². The van der Waals surface area contributed by atoms with Gasteiger partial charge in [0, 0.05) is 5.88 Å². The number of benzene rings is 1. The summed E-state index contributed by atoms with van der Waals surface area (Å²) < 4.78 is 10.7. The van der Waals surface area contributed by atoms with Crippen LogP contribution in [0, 0.1) is 13.8 Å². The van der Waals surface area contributed by atoms with Crippen LogP contribution in [0.1, 0.15) is 11.1 Å². The van der Waals surface area contributed by atoms with Crippen LogP contribution in [0.3, 0.4) is 0 Å². The SMILES string of the molecule is Cc1ccc(OCCOCCCl)cc1C. The minimum absolute atomic E-state index is 0.531. The van der Waals surface area contributed by atoms with E-state index in [-0.39, 0.29) is 0 Å². The molecule has 1 rings (SSSR count). The zero-order valence-corrected chi connectivity index (χ0v) is 10.0. The summed E-state index contributed by atoms with van der Waals surface area (Å²) in [5.74, 6) is 1.43. The lowest BCUT2D eigenvalue weighted by Crippen LogP contribution is -2.08. The fourth-order valence-corrected chi connectivity index (χ4v) is 1.29. The van der Waals surface area contributed by atoms with Gasteiger partial charge in [0.2, 0.25) is 0 Å². The Kier molecular flexibility index (Phi) is 5.51. The van der Waals surface area contributed by atoms with Crippen molar-refractivity contribution in [1.29, 1.82) is 0 Å². The van der Waals surface area contributed by atoms with Crippen molar-refractivity contribution in [2.45, 2.75) is 13.8 Å². The molecule has 84 valence electrons. The summed E-state index contributed by atoms with van der Waals surface area (Å²) >= 11 is 5.47. The van der Waals surface area contributed by atoms with Gasteiger partial charge in [0.15, 0.2) is 0 Å². The maximum Gasteiger partial charge on any atom is 0.119 e. The van der Waals surface area contributed by atoms with E-state index in [2.05, 4.69) is 19.9 Å². The van der Waals surface area contributed by atoms with E-state index in [9.17, 15) is 0 Å². The van der Waals surface area contributed by atoms with Crippen LogP contribution in [-0.2, 0) is 4.74 Å². The largest absolute Gasteiger partial charge is 0.491 e. The molecular weight excluding hydrogens is 212 g/mol. The molecule has 15 heavy (non-hydrogen) atoms. The minimum atomic E-state index is 0.531. The van der Waals surface area contributed by atoms with Gasteiger partial charge >= 0.3 is 0 Å². The number of ether oxygens (including phenoxy) is 2. The predicted molar refractivity (Wildman–Crippen MR) is 63.0 cm³/mol. The van der Waals surface area contributed by atoms with E-state index in [1.807, 2.05) is 12.1 Å². The summed E-state index contributed by atoms with van der Waals surface area (Å²) in [6, 6.07) is 6.07. The van der Waals surface area contributed by atoms with Gasteiger partial charge in [0.1, 0.15) is 12.4 Å². The minimum Gasteiger partial charge on any atom is -0.491 e. The molecule has 0 saturated carbocycles. The summed E-state index contributed by atoms with van der Waals surface area (Å²) in [6.07, 6.45) is 0. The van der Waals surface area contributed by atoms with E-state index in [1.165, 1.54) is 11.1 Å². The van der Waals surface area contributed by atoms with Crippen LogP contribution in [0.25, 0.3) is 0 Å². The van der Waals surface area contributed by atoms with E-state index in [1.54, 1.807) is 0 Å². The Labute approximate surface area is 96.2 Å². The van der Waals surface area contributed by atoms with Crippen molar-refractivity contribution < 1.29 is 9.47 Å². The molecule has 0 saturated heterocycles. The van der Waals surface area contributed by atoms with Crippen LogP contribution < -0.4 is 4.74 Å². The van der Waals surface area contributed by atoms with Gasteiger partial charge in [-0.05, 0) is 37.1 Å². The Morgan fingerprint density at radius 3 is 2.53 bits per heavy atom. The molecule has 0 atom stereocenters. The zero-order valence-electron chi connectivity index (χ0n) is 9.25.